The first-order valence-corrected chi connectivity index (χ1v) is 8.08. The number of hydrogen-bond acceptors (Lipinski definition) is 1. The molecule has 0 aromatic heterocycles. The van der Waals surface area contributed by atoms with Gasteiger partial charge in [0, 0.05) is 6.04 Å². The number of hydrogen-bond donors (Lipinski definition) is 1. The lowest BCUT2D eigenvalue weighted by atomic mass is 10.1. The van der Waals surface area contributed by atoms with Crippen molar-refractivity contribution < 1.29 is 0 Å². The lowest BCUT2D eigenvalue weighted by Gasteiger charge is -2.04. The van der Waals surface area contributed by atoms with E-state index in [4.69, 9.17) is 0 Å². The van der Waals surface area contributed by atoms with E-state index in [-0.39, 0.29) is 0 Å². The highest BCUT2D eigenvalue weighted by Gasteiger charge is 2.31. The molecule has 0 amide bonds. The second kappa shape index (κ2) is 9.94. The molecule has 0 heterocycles. The van der Waals surface area contributed by atoms with Gasteiger partial charge in [-0.25, -0.2) is 0 Å². The van der Waals surface area contributed by atoms with Gasteiger partial charge in [-0.05, 0) is 25.3 Å². The van der Waals surface area contributed by atoms with Crippen LogP contribution in [0.15, 0.2) is 0 Å². The van der Waals surface area contributed by atoms with Gasteiger partial charge in [0.05, 0.1) is 0 Å². The molecule has 0 bridgehead atoms. The summed E-state index contributed by atoms with van der Waals surface area (Å²) in [5.74, 6) is 0.957. The zero-order valence-electron chi connectivity index (χ0n) is 12.1. The van der Waals surface area contributed by atoms with Crippen molar-refractivity contribution in [1.29, 1.82) is 0 Å². The predicted molar refractivity (Wildman–Crippen MR) is 77.4 cm³/mol. The van der Waals surface area contributed by atoms with Gasteiger partial charge in [0.1, 0.15) is 0 Å². The molecule has 1 saturated carbocycles. The molecule has 0 aliphatic heterocycles. The van der Waals surface area contributed by atoms with Crippen molar-refractivity contribution in [2.45, 2.75) is 90.5 Å². The molecule has 2 unspecified atom stereocenters. The van der Waals surface area contributed by atoms with Crippen molar-refractivity contribution >= 4 is 0 Å². The second-order valence-corrected chi connectivity index (χ2v) is 5.96. The Kier molecular flexibility index (Phi) is 8.78. The summed E-state index contributed by atoms with van der Waals surface area (Å²) >= 11 is 0. The SMILES string of the molecule is CCCCCCCCCCCCNC1CC1C. The van der Waals surface area contributed by atoms with Crippen molar-refractivity contribution in [2.75, 3.05) is 6.54 Å². The van der Waals surface area contributed by atoms with Crippen LogP contribution < -0.4 is 5.32 Å². The maximum absolute atomic E-state index is 3.63. The molecule has 1 aliphatic rings. The summed E-state index contributed by atoms with van der Waals surface area (Å²) in [5.41, 5.74) is 0. The summed E-state index contributed by atoms with van der Waals surface area (Å²) in [4.78, 5) is 0. The van der Waals surface area contributed by atoms with Crippen molar-refractivity contribution in [3.8, 4) is 0 Å². The molecule has 0 radical (unpaired) electrons. The van der Waals surface area contributed by atoms with E-state index in [1.165, 1.54) is 77.2 Å². The third-order valence-electron chi connectivity index (χ3n) is 4.05. The van der Waals surface area contributed by atoms with Gasteiger partial charge in [-0.2, -0.15) is 0 Å². The van der Waals surface area contributed by atoms with Crippen LogP contribution in [0.25, 0.3) is 0 Å². The summed E-state index contributed by atoms with van der Waals surface area (Å²) in [6.45, 7) is 5.89. The Morgan fingerprint density at radius 2 is 1.29 bits per heavy atom. The van der Waals surface area contributed by atoms with E-state index in [0.717, 1.165) is 12.0 Å². The molecule has 0 spiro atoms. The van der Waals surface area contributed by atoms with Gasteiger partial charge >= 0.3 is 0 Å². The molecule has 2 atom stereocenters. The molecular formula is C16H33N. The monoisotopic (exact) mass is 239 g/mol. The molecule has 1 fully saturated rings. The van der Waals surface area contributed by atoms with Crippen LogP contribution in [0.5, 0.6) is 0 Å². The maximum atomic E-state index is 3.63. The van der Waals surface area contributed by atoms with E-state index in [0.29, 0.717) is 0 Å². The topological polar surface area (TPSA) is 12.0 Å². The molecule has 1 heteroatoms. The van der Waals surface area contributed by atoms with Crippen LogP contribution in [0.4, 0.5) is 0 Å². The summed E-state index contributed by atoms with van der Waals surface area (Å²) in [6.07, 6.45) is 15.8. The first kappa shape index (κ1) is 15.0. The third kappa shape index (κ3) is 8.65. The zero-order chi connectivity index (χ0) is 12.3. The molecule has 0 aromatic carbocycles. The minimum Gasteiger partial charge on any atom is -0.314 e. The van der Waals surface area contributed by atoms with Crippen LogP contribution in [0.2, 0.25) is 0 Å². The van der Waals surface area contributed by atoms with Crippen LogP contribution in [-0.4, -0.2) is 12.6 Å². The van der Waals surface area contributed by atoms with Gasteiger partial charge in [-0.3, -0.25) is 0 Å². The van der Waals surface area contributed by atoms with Crippen LogP contribution >= 0.6 is 0 Å². The van der Waals surface area contributed by atoms with Gasteiger partial charge in [-0.1, -0.05) is 71.6 Å². The Balaban J connectivity index is 1.64. The highest BCUT2D eigenvalue weighted by Crippen LogP contribution is 2.28. The predicted octanol–water partition coefficient (Wildman–Crippen LogP) is 4.91. The molecule has 1 N–H and O–H groups in total. The number of unbranched alkanes of at least 4 members (excludes halogenated alkanes) is 9. The van der Waals surface area contributed by atoms with Gasteiger partial charge in [-0.15, -0.1) is 0 Å². The van der Waals surface area contributed by atoms with Gasteiger partial charge < -0.3 is 5.32 Å². The minimum atomic E-state index is 0.869. The van der Waals surface area contributed by atoms with Crippen LogP contribution in [-0.2, 0) is 0 Å². The number of nitrogens with one attached hydrogen (secondary N) is 1. The lowest BCUT2D eigenvalue weighted by molar-refractivity contribution is 0.539. The van der Waals surface area contributed by atoms with E-state index in [2.05, 4.69) is 19.2 Å². The van der Waals surface area contributed by atoms with E-state index < -0.39 is 0 Å². The smallest absolute Gasteiger partial charge is 0.00963 e. The quantitative estimate of drug-likeness (QED) is 0.477. The Bertz CT molecular complexity index is 167. The van der Waals surface area contributed by atoms with Gasteiger partial charge in [0.25, 0.3) is 0 Å². The number of rotatable bonds is 12. The highest BCUT2D eigenvalue weighted by atomic mass is 15.0. The van der Waals surface area contributed by atoms with Crippen molar-refractivity contribution in [3.63, 3.8) is 0 Å². The summed E-state index contributed by atoms with van der Waals surface area (Å²) < 4.78 is 0. The molecule has 1 aliphatic carbocycles. The van der Waals surface area contributed by atoms with Crippen LogP contribution in [0.1, 0.15) is 84.5 Å². The van der Waals surface area contributed by atoms with E-state index in [9.17, 15) is 0 Å². The fourth-order valence-corrected chi connectivity index (χ4v) is 2.51. The lowest BCUT2D eigenvalue weighted by Crippen LogP contribution is -2.18. The second-order valence-electron chi connectivity index (χ2n) is 5.96. The molecule has 17 heavy (non-hydrogen) atoms. The summed E-state index contributed by atoms with van der Waals surface area (Å²) in [6, 6.07) is 0.869. The summed E-state index contributed by atoms with van der Waals surface area (Å²) in [5, 5.41) is 3.63. The maximum Gasteiger partial charge on any atom is 0.00963 e. The van der Waals surface area contributed by atoms with E-state index >= 15 is 0 Å². The fourth-order valence-electron chi connectivity index (χ4n) is 2.51. The average Bonchev–Trinajstić information content (AvgIpc) is 3.02. The Labute approximate surface area is 109 Å². The highest BCUT2D eigenvalue weighted by molar-refractivity contribution is 4.89. The normalized spacial score (nSPS) is 22.9. The molecule has 0 aromatic rings. The fraction of sp³-hybridized carbons (Fsp3) is 1.00. The molecular weight excluding hydrogens is 206 g/mol. The first-order valence-electron chi connectivity index (χ1n) is 8.08. The third-order valence-corrected chi connectivity index (χ3v) is 4.05. The largest absolute Gasteiger partial charge is 0.314 e. The zero-order valence-corrected chi connectivity index (χ0v) is 12.1. The van der Waals surface area contributed by atoms with E-state index in [1.807, 2.05) is 0 Å². The molecule has 1 nitrogen and oxygen atoms in total. The van der Waals surface area contributed by atoms with Crippen molar-refractivity contribution in [1.82, 2.24) is 5.32 Å². The minimum absolute atomic E-state index is 0.869. The van der Waals surface area contributed by atoms with Crippen LogP contribution in [0.3, 0.4) is 0 Å². The Hall–Kier alpha value is -0.0400. The van der Waals surface area contributed by atoms with E-state index in [1.54, 1.807) is 0 Å². The molecule has 0 saturated heterocycles. The Morgan fingerprint density at radius 3 is 1.76 bits per heavy atom. The van der Waals surface area contributed by atoms with Crippen molar-refractivity contribution in [3.05, 3.63) is 0 Å². The van der Waals surface area contributed by atoms with Crippen molar-refractivity contribution in [2.24, 2.45) is 5.92 Å². The Morgan fingerprint density at radius 1 is 0.824 bits per heavy atom. The van der Waals surface area contributed by atoms with Gasteiger partial charge in [0.2, 0.25) is 0 Å². The summed E-state index contributed by atoms with van der Waals surface area (Å²) in [7, 11) is 0. The average molecular weight is 239 g/mol. The molecule has 102 valence electrons. The first-order chi connectivity index (χ1) is 8.34. The molecule has 1 rings (SSSR count). The van der Waals surface area contributed by atoms with Gasteiger partial charge in [0.15, 0.2) is 0 Å². The standard InChI is InChI=1S/C16H33N/c1-3-4-5-6-7-8-9-10-11-12-13-17-16-14-15(16)2/h15-17H,3-14H2,1-2H3. The van der Waals surface area contributed by atoms with Crippen LogP contribution in [0, 0.1) is 5.92 Å².